The van der Waals surface area contributed by atoms with Gasteiger partial charge >= 0.3 is 0 Å². The van der Waals surface area contributed by atoms with Crippen molar-refractivity contribution in [2.45, 2.75) is 69.2 Å². The molecule has 1 aromatic carbocycles. The Kier molecular flexibility index (Phi) is 8.96. The molecule has 9 heteroatoms. The standard InChI is InChI=1S/C23H34ClN3O4S/c1-17(23(29)27-14-4-2-3-5-15-27)26-22(28)19-8-6-18(7-9-19)16-25-32(30,31)21-12-10-20(24)11-13-21/h10-13,17-19,25H,2-9,14-16H2,1H3,(H,26,28)/t17-,18?,19?/m1/s1. The summed E-state index contributed by atoms with van der Waals surface area (Å²) in [5.74, 6) is 0.00203. The molecule has 2 N–H and O–H groups in total. The van der Waals surface area contributed by atoms with E-state index >= 15 is 0 Å². The van der Waals surface area contributed by atoms with Crippen LogP contribution in [0.4, 0.5) is 0 Å². The Balaban J connectivity index is 1.42. The summed E-state index contributed by atoms with van der Waals surface area (Å²) in [7, 11) is -3.58. The molecule has 1 aliphatic carbocycles. The number of amides is 2. The van der Waals surface area contributed by atoms with E-state index in [0.717, 1.165) is 51.6 Å². The topological polar surface area (TPSA) is 95.6 Å². The third kappa shape index (κ3) is 6.93. The van der Waals surface area contributed by atoms with Crippen LogP contribution in [0.5, 0.6) is 0 Å². The zero-order valence-corrected chi connectivity index (χ0v) is 20.3. The fourth-order valence-electron chi connectivity index (χ4n) is 4.51. The first-order valence-corrected chi connectivity index (χ1v) is 13.5. The van der Waals surface area contributed by atoms with Gasteiger partial charge in [-0.3, -0.25) is 9.59 Å². The summed E-state index contributed by atoms with van der Waals surface area (Å²) in [6.45, 7) is 3.66. The van der Waals surface area contributed by atoms with E-state index in [2.05, 4.69) is 10.0 Å². The van der Waals surface area contributed by atoms with Crippen molar-refractivity contribution in [3.05, 3.63) is 29.3 Å². The molecule has 0 spiro atoms. The van der Waals surface area contributed by atoms with Gasteiger partial charge in [-0.15, -0.1) is 0 Å². The van der Waals surface area contributed by atoms with Crippen LogP contribution in [0.25, 0.3) is 0 Å². The van der Waals surface area contributed by atoms with Gasteiger partial charge in [-0.2, -0.15) is 0 Å². The Hall–Kier alpha value is -1.64. The molecular weight excluding hydrogens is 450 g/mol. The fourth-order valence-corrected chi connectivity index (χ4v) is 5.75. The van der Waals surface area contributed by atoms with Crippen LogP contribution in [0, 0.1) is 11.8 Å². The number of sulfonamides is 1. The minimum atomic E-state index is -3.58. The van der Waals surface area contributed by atoms with Crippen molar-refractivity contribution in [3.63, 3.8) is 0 Å². The van der Waals surface area contributed by atoms with Crippen LogP contribution in [0.15, 0.2) is 29.2 Å². The summed E-state index contributed by atoms with van der Waals surface area (Å²) >= 11 is 5.83. The normalized spacial score (nSPS) is 23.2. The quantitative estimate of drug-likeness (QED) is 0.621. The summed E-state index contributed by atoms with van der Waals surface area (Å²) in [6.07, 6.45) is 7.31. The molecule has 1 heterocycles. The van der Waals surface area contributed by atoms with Gasteiger partial charge in [0.05, 0.1) is 4.90 Å². The van der Waals surface area contributed by atoms with Crippen molar-refractivity contribution in [2.24, 2.45) is 11.8 Å². The van der Waals surface area contributed by atoms with E-state index in [-0.39, 0.29) is 28.5 Å². The third-order valence-corrected chi connectivity index (χ3v) is 8.24. The molecule has 0 aromatic heterocycles. The molecule has 3 rings (SSSR count). The van der Waals surface area contributed by atoms with Gasteiger partial charge in [0.25, 0.3) is 0 Å². The van der Waals surface area contributed by atoms with Crippen LogP contribution in [0.3, 0.4) is 0 Å². The van der Waals surface area contributed by atoms with Crippen LogP contribution in [0.1, 0.15) is 58.3 Å². The fraction of sp³-hybridized carbons (Fsp3) is 0.652. The maximum absolute atomic E-state index is 12.7. The van der Waals surface area contributed by atoms with E-state index in [4.69, 9.17) is 11.6 Å². The Labute approximate surface area is 196 Å². The first-order valence-electron chi connectivity index (χ1n) is 11.6. The van der Waals surface area contributed by atoms with Crippen LogP contribution in [0.2, 0.25) is 5.02 Å². The number of hydrogen-bond acceptors (Lipinski definition) is 4. The smallest absolute Gasteiger partial charge is 0.244 e. The van der Waals surface area contributed by atoms with Gasteiger partial charge < -0.3 is 10.2 Å². The summed E-state index contributed by atoms with van der Waals surface area (Å²) in [6, 6.07) is 5.57. The van der Waals surface area contributed by atoms with Gasteiger partial charge in [0.1, 0.15) is 6.04 Å². The molecule has 1 aliphatic heterocycles. The Morgan fingerprint density at radius 1 is 1.03 bits per heavy atom. The lowest BCUT2D eigenvalue weighted by molar-refractivity contribution is -0.137. The summed E-state index contributed by atoms with van der Waals surface area (Å²) < 4.78 is 27.6. The first-order chi connectivity index (χ1) is 15.3. The van der Waals surface area contributed by atoms with Crippen molar-refractivity contribution in [1.82, 2.24) is 14.9 Å². The maximum atomic E-state index is 12.7. The van der Waals surface area contributed by atoms with E-state index in [0.29, 0.717) is 24.4 Å². The molecule has 0 bridgehead atoms. The third-order valence-electron chi connectivity index (χ3n) is 6.55. The first kappa shape index (κ1) is 25.0. The Morgan fingerprint density at radius 2 is 1.62 bits per heavy atom. The number of halogens is 1. The number of nitrogens with one attached hydrogen (secondary N) is 2. The second kappa shape index (κ2) is 11.5. The minimum absolute atomic E-state index is 0.00513. The molecule has 1 saturated carbocycles. The van der Waals surface area contributed by atoms with Gasteiger partial charge in [-0.1, -0.05) is 24.4 Å². The van der Waals surface area contributed by atoms with Gasteiger partial charge in [-0.05, 0) is 75.6 Å². The predicted octanol–water partition coefficient (Wildman–Crippen LogP) is 3.33. The number of hydrogen-bond donors (Lipinski definition) is 2. The van der Waals surface area contributed by atoms with Crippen LogP contribution in [-0.4, -0.2) is 50.8 Å². The molecule has 1 atom stereocenters. The highest BCUT2D eigenvalue weighted by atomic mass is 35.5. The largest absolute Gasteiger partial charge is 0.344 e. The van der Waals surface area contributed by atoms with Crippen LogP contribution >= 0.6 is 11.6 Å². The number of carbonyl (C=O) groups excluding carboxylic acids is 2. The van der Waals surface area contributed by atoms with Gasteiger partial charge in [0.2, 0.25) is 21.8 Å². The lowest BCUT2D eigenvalue weighted by Crippen LogP contribution is -2.49. The second-order valence-corrected chi connectivity index (χ2v) is 11.2. The molecule has 0 unspecified atom stereocenters. The van der Waals surface area contributed by atoms with Gasteiger partial charge in [0, 0.05) is 30.6 Å². The van der Waals surface area contributed by atoms with E-state index in [1.807, 2.05) is 4.90 Å². The van der Waals surface area contributed by atoms with E-state index < -0.39 is 16.1 Å². The maximum Gasteiger partial charge on any atom is 0.244 e. The molecule has 2 aliphatic rings. The van der Waals surface area contributed by atoms with Crippen LogP contribution < -0.4 is 10.0 Å². The van der Waals surface area contributed by atoms with E-state index in [1.54, 1.807) is 19.1 Å². The molecule has 2 fully saturated rings. The highest BCUT2D eigenvalue weighted by Gasteiger charge is 2.30. The van der Waals surface area contributed by atoms with Gasteiger partial charge in [0.15, 0.2) is 0 Å². The summed E-state index contributed by atoms with van der Waals surface area (Å²) in [5, 5.41) is 3.40. The van der Waals surface area contributed by atoms with Crippen molar-refractivity contribution in [1.29, 1.82) is 0 Å². The Morgan fingerprint density at radius 3 is 2.22 bits per heavy atom. The predicted molar refractivity (Wildman–Crippen MR) is 125 cm³/mol. The molecule has 7 nitrogen and oxygen atoms in total. The SMILES string of the molecule is C[C@@H](NC(=O)C1CCC(CNS(=O)(=O)c2ccc(Cl)cc2)CC1)C(=O)N1CCCCCC1. The minimum Gasteiger partial charge on any atom is -0.344 e. The molecule has 2 amide bonds. The summed E-state index contributed by atoms with van der Waals surface area (Å²) in [5.41, 5.74) is 0. The summed E-state index contributed by atoms with van der Waals surface area (Å²) in [4.78, 5) is 27.4. The molecule has 32 heavy (non-hydrogen) atoms. The zero-order valence-electron chi connectivity index (χ0n) is 18.7. The number of likely N-dealkylation sites (tertiary alicyclic amines) is 1. The average molecular weight is 484 g/mol. The number of nitrogens with zero attached hydrogens (tertiary/aromatic N) is 1. The van der Waals surface area contributed by atoms with Crippen molar-refractivity contribution in [3.8, 4) is 0 Å². The second-order valence-electron chi connectivity index (χ2n) is 8.99. The van der Waals surface area contributed by atoms with Gasteiger partial charge in [-0.25, -0.2) is 13.1 Å². The lowest BCUT2D eigenvalue weighted by Gasteiger charge is -2.30. The molecule has 1 saturated heterocycles. The number of rotatable bonds is 7. The van der Waals surface area contributed by atoms with Crippen LogP contribution in [-0.2, 0) is 19.6 Å². The van der Waals surface area contributed by atoms with E-state index in [9.17, 15) is 18.0 Å². The molecular formula is C23H34ClN3O4S. The van der Waals surface area contributed by atoms with E-state index in [1.165, 1.54) is 12.1 Å². The number of benzene rings is 1. The highest BCUT2D eigenvalue weighted by Crippen LogP contribution is 2.29. The molecule has 178 valence electrons. The van der Waals surface area contributed by atoms with Crippen molar-refractivity contribution in [2.75, 3.05) is 19.6 Å². The number of carbonyl (C=O) groups is 2. The van der Waals surface area contributed by atoms with Crippen molar-refractivity contribution >= 4 is 33.4 Å². The molecule has 0 radical (unpaired) electrons. The monoisotopic (exact) mass is 483 g/mol. The van der Waals surface area contributed by atoms with Crippen molar-refractivity contribution < 1.29 is 18.0 Å². The molecule has 1 aromatic rings. The average Bonchev–Trinajstić information content (AvgIpc) is 3.07. The zero-order chi connectivity index (χ0) is 23.1. The highest BCUT2D eigenvalue weighted by molar-refractivity contribution is 7.89. The Bertz CT molecular complexity index is 875. The lowest BCUT2D eigenvalue weighted by atomic mass is 9.81.